The topological polar surface area (TPSA) is 3.01 Å². The molecule has 2 aromatic rings. The molecule has 0 aliphatic carbocycles. The lowest BCUT2D eigenvalue weighted by Crippen LogP contribution is -2.26. The third-order valence-corrected chi connectivity index (χ3v) is 4.08. The van der Waals surface area contributed by atoms with Gasteiger partial charge in [0.05, 0.1) is 5.56 Å². The molecule has 0 amide bonds. The highest BCUT2D eigenvalue weighted by molar-refractivity contribution is 7.10. The zero-order valence-corrected chi connectivity index (χ0v) is 10.1. The van der Waals surface area contributed by atoms with E-state index in [0.29, 0.717) is 0 Å². The zero-order chi connectivity index (χ0) is 11.0. The number of rotatable bonds is 1. The molecule has 1 aliphatic rings. The number of nitrogens with zero attached hydrogens (tertiary/aromatic N) is 1. The van der Waals surface area contributed by atoms with Gasteiger partial charge in [-0.25, -0.2) is 4.58 Å². The molecule has 1 aromatic carbocycles. The van der Waals surface area contributed by atoms with Crippen LogP contribution in [-0.2, 0) is 6.42 Å². The maximum Gasteiger partial charge on any atom is 0.215 e. The van der Waals surface area contributed by atoms with E-state index in [9.17, 15) is 0 Å². The smallest absolute Gasteiger partial charge is 0.215 e. The summed E-state index contributed by atoms with van der Waals surface area (Å²) >= 11 is 1.88. The molecule has 0 unspecified atom stereocenters. The molecule has 0 radical (unpaired) electrons. The molecule has 0 bridgehead atoms. The van der Waals surface area contributed by atoms with E-state index in [1.165, 1.54) is 28.1 Å². The van der Waals surface area contributed by atoms with E-state index in [-0.39, 0.29) is 0 Å². The van der Waals surface area contributed by atoms with Crippen molar-refractivity contribution in [2.45, 2.75) is 6.42 Å². The fourth-order valence-electron chi connectivity index (χ4n) is 2.30. The van der Waals surface area contributed by atoms with E-state index in [0.717, 1.165) is 6.54 Å². The maximum atomic E-state index is 2.37. The zero-order valence-electron chi connectivity index (χ0n) is 9.31. The molecule has 16 heavy (non-hydrogen) atoms. The number of thiophene rings is 1. The van der Waals surface area contributed by atoms with Crippen molar-refractivity contribution in [2.24, 2.45) is 0 Å². The largest absolute Gasteiger partial charge is 0.231 e. The number of likely N-dealkylation sites (N-methyl/N-ethyl adjacent to an activating group) is 1. The molecule has 1 aromatic heterocycles. The highest BCUT2D eigenvalue weighted by Gasteiger charge is 2.25. The van der Waals surface area contributed by atoms with Gasteiger partial charge in [0, 0.05) is 16.9 Å². The van der Waals surface area contributed by atoms with Gasteiger partial charge in [-0.1, -0.05) is 18.2 Å². The second-order valence-electron chi connectivity index (χ2n) is 4.14. The first-order chi connectivity index (χ1) is 7.86. The van der Waals surface area contributed by atoms with Crippen LogP contribution in [0.5, 0.6) is 0 Å². The lowest BCUT2D eigenvalue weighted by atomic mass is 9.99. The molecule has 0 atom stereocenters. The van der Waals surface area contributed by atoms with Crippen molar-refractivity contribution in [1.29, 1.82) is 0 Å². The fourth-order valence-corrected chi connectivity index (χ4v) is 3.17. The Labute approximate surface area is 99.7 Å². The average molecular weight is 228 g/mol. The Morgan fingerprint density at radius 1 is 1.12 bits per heavy atom. The Hall–Kier alpha value is -1.41. The molecular weight excluding hydrogens is 214 g/mol. The third kappa shape index (κ3) is 1.50. The van der Waals surface area contributed by atoms with Gasteiger partial charge in [-0.05, 0) is 23.6 Å². The first-order valence-corrected chi connectivity index (χ1v) is 6.44. The van der Waals surface area contributed by atoms with E-state index in [4.69, 9.17) is 0 Å². The van der Waals surface area contributed by atoms with Crippen LogP contribution in [0.4, 0.5) is 0 Å². The second kappa shape index (κ2) is 3.87. The van der Waals surface area contributed by atoms with Crippen LogP contribution in [0.1, 0.15) is 16.0 Å². The van der Waals surface area contributed by atoms with Crippen LogP contribution in [0.3, 0.4) is 0 Å². The Bertz CT molecular complexity index is 537. The summed E-state index contributed by atoms with van der Waals surface area (Å²) in [5.74, 6) is 0. The minimum absolute atomic E-state index is 1.12. The highest BCUT2D eigenvalue weighted by Crippen LogP contribution is 2.24. The van der Waals surface area contributed by atoms with Crippen molar-refractivity contribution in [3.8, 4) is 0 Å². The molecule has 0 spiro atoms. The van der Waals surface area contributed by atoms with E-state index in [1.807, 2.05) is 11.3 Å². The molecule has 2 heteroatoms. The summed E-state index contributed by atoms with van der Waals surface area (Å²) in [5.41, 5.74) is 4.12. The molecule has 0 saturated heterocycles. The monoisotopic (exact) mass is 228 g/mol. The molecule has 1 aliphatic heterocycles. The Morgan fingerprint density at radius 2 is 1.94 bits per heavy atom. The first-order valence-electron chi connectivity index (χ1n) is 5.56. The lowest BCUT2D eigenvalue weighted by molar-refractivity contribution is -0.497. The van der Waals surface area contributed by atoms with Gasteiger partial charge in [-0.3, -0.25) is 0 Å². The second-order valence-corrected chi connectivity index (χ2v) is 5.14. The number of fused-ring (bicyclic) bond motifs is 1. The molecule has 3 rings (SSSR count). The summed E-state index contributed by atoms with van der Waals surface area (Å²) in [6.45, 7) is 1.12. The lowest BCUT2D eigenvalue weighted by Gasteiger charge is -2.12. The van der Waals surface area contributed by atoms with Crippen LogP contribution in [-0.4, -0.2) is 23.9 Å². The van der Waals surface area contributed by atoms with Gasteiger partial charge in [0.25, 0.3) is 0 Å². The SMILES string of the molecule is C[N+]1=C(c2ccccc2)c2ccsc2CC1. The minimum Gasteiger partial charge on any atom is -0.231 e. The van der Waals surface area contributed by atoms with Gasteiger partial charge < -0.3 is 0 Å². The molecule has 0 saturated carbocycles. The van der Waals surface area contributed by atoms with Crippen molar-refractivity contribution in [3.63, 3.8) is 0 Å². The molecule has 1 nitrogen and oxygen atoms in total. The van der Waals surface area contributed by atoms with Gasteiger partial charge >= 0.3 is 0 Å². The van der Waals surface area contributed by atoms with Crippen LogP contribution >= 0.6 is 11.3 Å². The van der Waals surface area contributed by atoms with E-state index in [1.54, 1.807) is 0 Å². The van der Waals surface area contributed by atoms with Crippen molar-refractivity contribution in [1.82, 2.24) is 0 Å². The van der Waals surface area contributed by atoms with Gasteiger partial charge in [0.1, 0.15) is 13.6 Å². The van der Waals surface area contributed by atoms with Crippen LogP contribution in [0.25, 0.3) is 0 Å². The summed E-state index contributed by atoms with van der Waals surface area (Å²) in [5, 5.41) is 2.20. The van der Waals surface area contributed by atoms with E-state index >= 15 is 0 Å². The molecular formula is C14H14NS+. The summed E-state index contributed by atoms with van der Waals surface area (Å²) in [4.78, 5) is 1.52. The summed E-state index contributed by atoms with van der Waals surface area (Å²) in [7, 11) is 2.18. The molecule has 2 heterocycles. The molecule has 80 valence electrons. The third-order valence-electron chi connectivity index (χ3n) is 3.10. The predicted molar refractivity (Wildman–Crippen MR) is 68.7 cm³/mol. The number of benzene rings is 1. The van der Waals surface area contributed by atoms with Crippen LogP contribution < -0.4 is 0 Å². The van der Waals surface area contributed by atoms with Gasteiger partial charge in [-0.2, -0.15) is 0 Å². The highest BCUT2D eigenvalue weighted by atomic mass is 32.1. The fraction of sp³-hybridized carbons (Fsp3) is 0.214. The normalized spacial score (nSPS) is 15.1. The van der Waals surface area contributed by atoms with Gasteiger partial charge in [0.15, 0.2) is 0 Å². The quantitative estimate of drug-likeness (QED) is 0.660. The predicted octanol–water partition coefficient (Wildman–Crippen LogP) is 2.78. The van der Waals surface area contributed by atoms with Crippen molar-refractivity contribution >= 4 is 17.0 Å². The summed E-state index contributed by atoms with van der Waals surface area (Å²) < 4.78 is 2.37. The average Bonchev–Trinajstić information content (AvgIpc) is 2.78. The first kappa shape index (κ1) is 9.79. The van der Waals surface area contributed by atoms with Gasteiger partial charge in [-0.15, -0.1) is 11.3 Å². The van der Waals surface area contributed by atoms with Gasteiger partial charge in [0.2, 0.25) is 5.71 Å². The Morgan fingerprint density at radius 3 is 2.75 bits per heavy atom. The van der Waals surface area contributed by atoms with Crippen LogP contribution in [0.15, 0.2) is 41.8 Å². The number of hydrogen-bond acceptors (Lipinski definition) is 1. The van der Waals surface area contributed by atoms with E-state index < -0.39 is 0 Å². The maximum absolute atomic E-state index is 2.37. The number of hydrogen-bond donors (Lipinski definition) is 0. The molecule has 0 fully saturated rings. The van der Waals surface area contributed by atoms with E-state index in [2.05, 4.69) is 53.4 Å². The molecule has 0 N–H and O–H groups in total. The Kier molecular flexibility index (Phi) is 2.37. The van der Waals surface area contributed by atoms with Crippen LogP contribution in [0.2, 0.25) is 0 Å². The van der Waals surface area contributed by atoms with Crippen molar-refractivity contribution in [3.05, 3.63) is 57.8 Å². The van der Waals surface area contributed by atoms with Crippen molar-refractivity contribution < 1.29 is 4.58 Å². The van der Waals surface area contributed by atoms with Crippen molar-refractivity contribution in [2.75, 3.05) is 13.6 Å². The standard InChI is InChI=1S/C14H14NS/c1-15-9-7-13-12(8-10-16-13)14(15)11-5-3-2-4-6-11/h2-6,8,10H,7,9H2,1H3/q+1. The Balaban J connectivity index is 2.19. The minimum atomic E-state index is 1.12. The van der Waals surface area contributed by atoms with Crippen LogP contribution in [0, 0.1) is 0 Å². The summed E-state index contributed by atoms with van der Waals surface area (Å²) in [6, 6.07) is 12.9. The summed E-state index contributed by atoms with van der Waals surface area (Å²) in [6.07, 6.45) is 1.18.